The van der Waals surface area contributed by atoms with Crippen LogP contribution in [0.1, 0.15) is 6.42 Å². The van der Waals surface area contributed by atoms with Crippen molar-refractivity contribution in [2.75, 3.05) is 40.5 Å². The number of nitrogens with zero attached hydrogens (tertiary/aromatic N) is 1. The molecule has 1 aliphatic heterocycles. The topological polar surface area (TPSA) is 114 Å². The predicted molar refractivity (Wildman–Crippen MR) is 69.8 cm³/mol. The number of rotatable bonds is 6. The highest BCUT2D eigenvalue weighted by Gasteiger charge is 2.30. The number of carbonyl (C=O) groups excluding carboxylic acids is 2. The molecular formula is C12H20N2O7. The van der Waals surface area contributed by atoms with E-state index in [1.54, 1.807) is 0 Å². The van der Waals surface area contributed by atoms with Crippen LogP contribution in [-0.4, -0.2) is 80.6 Å². The minimum Gasteiger partial charge on any atom is -0.481 e. The Labute approximate surface area is 122 Å². The molecular weight excluding hydrogens is 284 g/mol. The van der Waals surface area contributed by atoms with Gasteiger partial charge in [-0.15, -0.1) is 0 Å². The Bertz CT molecular complexity index is 388. The highest BCUT2D eigenvalue weighted by atomic mass is 16.6. The molecule has 9 nitrogen and oxygen atoms in total. The molecule has 0 radical (unpaired) electrons. The smallest absolute Gasteiger partial charge is 0.336 e. The molecule has 1 saturated heterocycles. The van der Waals surface area contributed by atoms with Crippen LogP contribution in [0.3, 0.4) is 0 Å². The number of carbonyl (C=O) groups is 3. The Kier molecular flexibility index (Phi) is 6.89. The van der Waals surface area contributed by atoms with Crippen LogP contribution in [0.5, 0.6) is 0 Å². The SMILES string of the molecule is COC(=O)C1CN(C(=O)NCC(CC(=O)O)OC)CCO1. The van der Waals surface area contributed by atoms with Gasteiger partial charge < -0.3 is 29.5 Å². The summed E-state index contributed by atoms with van der Waals surface area (Å²) in [5.41, 5.74) is 0. The van der Waals surface area contributed by atoms with Gasteiger partial charge in [0.05, 0.1) is 32.8 Å². The van der Waals surface area contributed by atoms with Gasteiger partial charge >= 0.3 is 18.0 Å². The molecule has 2 amide bonds. The van der Waals surface area contributed by atoms with Gasteiger partial charge in [0.15, 0.2) is 6.10 Å². The van der Waals surface area contributed by atoms with Gasteiger partial charge in [-0.2, -0.15) is 0 Å². The van der Waals surface area contributed by atoms with Crippen molar-refractivity contribution >= 4 is 18.0 Å². The van der Waals surface area contributed by atoms with Gasteiger partial charge in [0.1, 0.15) is 0 Å². The summed E-state index contributed by atoms with van der Waals surface area (Å²) < 4.78 is 14.7. The number of aliphatic carboxylic acids is 1. The average molecular weight is 304 g/mol. The van der Waals surface area contributed by atoms with Gasteiger partial charge in [-0.1, -0.05) is 0 Å². The molecule has 0 aromatic heterocycles. The van der Waals surface area contributed by atoms with Gasteiger partial charge in [-0.3, -0.25) is 4.79 Å². The van der Waals surface area contributed by atoms with Crippen LogP contribution in [0.4, 0.5) is 4.79 Å². The number of morpholine rings is 1. The summed E-state index contributed by atoms with van der Waals surface area (Å²) in [6, 6.07) is -0.403. The number of amides is 2. The maximum atomic E-state index is 12.0. The second kappa shape index (κ2) is 8.42. The largest absolute Gasteiger partial charge is 0.481 e. The van der Waals surface area contributed by atoms with Crippen molar-refractivity contribution in [2.24, 2.45) is 0 Å². The van der Waals surface area contributed by atoms with E-state index >= 15 is 0 Å². The maximum Gasteiger partial charge on any atom is 0.336 e. The van der Waals surface area contributed by atoms with Crippen molar-refractivity contribution in [2.45, 2.75) is 18.6 Å². The van der Waals surface area contributed by atoms with E-state index in [4.69, 9.17) is 14.6 Å². The van der Waals surface area contributed by atoms with Crippen LogP contribution >= 0.6 is 0 Å². The standard InChI is InChI=1S/C12H20N2O7/c1-19-8(5-10(15)16)6-13-12(18)14-3-4-21-9(7-14)11(17)20-2/h8-9H,3-7H2,1-2H3,(H,13,18)(H,15,16). The molecule has 1 fully saturated rings. The van der Waals surface area contributed by atoms with Crippen LogP contribution in [-0.2, 0) is 23.8 Å². The van der Waals surface area contributed by atoms with E-state index in [1.165, 1.54) is 19.1 Å². The van der Waals surface area contributed by atoms with Crippen molar-refractivity contribution in [3.63, 3.8) is 0 Å². The Hall–Kier alpha value is -1.87. The molecule has 0 aliphatic carbocycles. The van der Waals surface area contributed by atoms with E-state index in [0.29, 0.717) is 6.54 Å². The van der Waals surface area contributed by atoms with Gasteiger partial charge in [0, 0.05) is 20.2 Å². The molecule has 0 saturated carbocycles. The molecule has 1 heterocycles. The highest BCUT2D eigenvalue weighted by Crippen LogP contribution is 2.07. The number of esters is 1. The van der Waals surface area contributed by atoms with E-state index < -0.39 is 30.2 Å². The van der Waals surface area contributed by atoms with Crippen LogP contribution < -0.4 is 5.32 Å². The van der Waals surface area contributed by atoms with Crippen molar-refractivity contribution in [3.05, 3.63) is 0 Å². The molecule has 120 valence electrons. The zero-order valence-corrected chi connectivity index (χ0v) is 12.0. The second-order valence-corrected chi connectivity index (χ2v) is 4.47. The van der Waals surface area contributed by atoms with Crippen molar-refractivity contribution in [1.29, 1.82) is 0 Å². The molecule has 0 aromatic rings. The third-order valence-electron chi connectivity index (χ3n) is 3.03. The van der Waals surface area contributed by atoms with E-state index in [1.807, 2.05) is 0 Å². The summed E-state index contributed by atoms with van der Waals surface area (Å²) in [7, 11) is 2.63. The van der Waals surface area contributed by atoms with Gasteiger partial charge in [0.25, 0.3) is 0 Å². The first-order valence-corrected chi connectivity index (χ1v) is 6.44. The fourth-order valence-corrected chi connectivity index (χ4v) is 1.85. The van der Waals surface area contributed by atoms with Crippen LogP contribution in [0.15, 0.2) is 0 Å². The zero-order chi connectivity index (χ0) is 15.8. The van der Waals surface area contributed by atoms with Gasteiger partial charge in [0.2, 0.25) is 0 Å². The monoisotopic (exact) mass is 304 g/mol. The summed E-state index contributed by atoms with van der Waals surface area (Å²) in [4.78, 5) is 35.4. The van der Waals surface area contributed by atoms with Crippen LogP contribution in [0, 0.1) is 0 Å². The lowest BCUT2D eigenvalue weighted by Crippen LogP contribution is -2.53. The molecule has 21 heavy (non-hydrogen) atoms. The number of hydrogen-bond donors (Lipinski definition) is 2. The number of carboxylic acids is 1. The lowest BCUT2D eigenvalue weighted by Gasteiger charge is -2.31. The number of ether oxygens (including phenoxy) is 3. The normalized spacial score (nSPS) is 19.7. The third kappa shape index (κ3) is 5.56. The Balaban J connectivity index is 2.43. The summed E-state index contributed by atoms with van der Waals surface area (Å²) in [6.45, 7) is 0.739. The number of hydrogen-bond acceptors (Lipinski definition) is 6. The number of methoxy groups -OCH3 is 2. The molecule has 2 N–H and O–H groups in total. The lowest BCUT2D eigenvalue weighted by molar-refractivity contribution is -0.158. The van der Waals surface area contributed by atoms with E-state index in [9.17, 15) is 14.4 Å². The maximum absolute atomic E-state index is 12.0. The van der Waals surface area contributed by atoms with Crippen LogP contribution in [0.25, 0.3) is 0 Å². The van der Waals surface area contributed by atoms with Gasteiger partial charge in [-0.25, -0.2) is 9.59 Å². The number of urea groups is 1. The molecule has 0 aromatic carbocycles. The summed E-state index contributed by atoms with van der Waals surface area (Å²) in [5, 5.41) is 11.3. The molecule has 0 bridgehead atoms. The lowest BCUT2D eigenvalue weighted by atomic mass is 10.2. The Morgan fingerprint density at radius 1 is 1.43 bits per heavy atom. The van der Waals surface area contributed by atoms with E-state index in [0.717, 1.165) is 0 Å². The first-order chi connectivity index (χ1) is 9.97. The molecule has 2 atom stereocenters. The first kappa shape index (κ1) is 17.2. The third-order valence-corrected chi connectivity index (χ3v) is 3.03. The summed E-state index contributed by atoms with van der Waals surface area (Å²) in [5.74, 6) is -1.54. The van der Waals surface area contributed by atoms with Crippen molar-refractivity contribution in [3.8, 4) is 0 Å². The quantitative estimate of drug-likeness (QED) is 0.609. The Morgan fingerprint density at radius 2 is 2.14 bits per heavy atom. The zero-order valence-electron chi connectivity index (χ0n) is 12.0. The van der Waals surface area contributed by atoms with Crippen molar-refractivity contribution in [1.82, 2.24) is 10.2 Å². The van der Waals surface area contributed by atoms with Crippen molar-refractivity contribution < 1.29 is 33.7 Å². The first-order valence-electron chi connectivity index (χ1n) is 6.44. The fourth-order valence-electron chi connectivity index (χ4n) is 1.85. The molecule has 1 rings (SSSR count). The molecule has 9 heteroatoms. The highest BCUT2D eigenvalue weighted by molar-refractivity contribution is 5.78. The predicted octanol–water partition coefficient (Wildman–Crippen LogP) is -0.940. The molecule has 2 unspecified atom stereocenters. The summed E-state index contributed by atoms with van der Waals surface area (Å²) >= 11 is 0. The van der Waals surface area contributed by atoms with E-state index in [2.05, 4.69) is 10.1 Å². The molecule has 0 spiro atoms. The Morgan fingerprint density at radius 3 is 2.71 bits per heavy atom. The van der Waals surface area contributed by atoms with E-state index in [-0.39, 0.29) is 26.1 Å². The van der Waals surface area contributed by atoms with Gasteiger partial charge in [-0.05, 0) is 0 Å². The minimum atomic E-state index is -1.01. The second-order valence-electron chi connectivity index (χ2n) is 4.47. The van der Waals surface area contributed by atoms with Crippen LogP contribution in [0.2, 0.25) is 0 Å². The number of nitrogens with one attached hydrogen (secondary N) is 1. The minimum absolute atomic E-state index is 0.0713. The summed E-state index contributed by atoms with van der Waals surface area (Å²) in [6.07, 6.45) is -1.61. The average Bonchev–Trinajstić information content (AvgIpc) is 2.49. The fraction of sp³-hybridized carbons (Fsp3) is 0.750. The molecule has 1 aliphatic rings. The number of carboxylic acid groups (broad SMARTS) is 1.